The van der Waals surface area contributed by atoms with Crippen LogP contribution in [0, 0.1) is 6.92 Å². The third kappa shape index (κ3) is 3.16. The van der Waals surface area contributed by atoms with Gasteiger partial charge in [0.05, 0.1) is 0 Å². The summed E-state index contributed by atoms with van der Waals surface area (Å²) in [4.78, 5) is 13.6. The van der Waals surface area contributed by atoms with E-state index < -0.39 is 24.6 Å². The molecule has 0 aromatic heterocycles. The van der Waals surface area contributed by atoms with E-state index in [4.69, 9.17) is 11.6 Å². The molecule has 0 radical (unpaired) electrons. The van der Waals surface area contributed by atoms with Crippen LogP contribution < -0.4 is 0 Å². The summed E-state index contributed by atoms with van der Waals surface area (Å²) in [6, 6.07) is 4.73. The van der Waals surface area contributed by atoms with E-state index in [2.05, 4.69) is 0 Å². The fourth-order valence-corrected chi connectivity index (χ4v) is 2.44. The maximum Gasteiger partial charge on any atom is 0.417 e. The van der Waals surface area contributed by atoms with Crippen molar-refractivity contribution in [3.8, 4) is 0 Å². The van der Waals surface area contributed by atoms with Crippen LogP contribution >= 0.6 is 11.6 Å². The first-order chi connectivity index (χ1) is 9.64. The van der Waals surface area contributed by atoms with Crippen LogP contribution in [0.3, 0.4) is 0 Å². The molecule has 1 amide bonds. The number of aliphatic hydroxyl groups is 1. The van der Waals surface area contributed by atoms with E-state index in [1.165, 1.54) is 4.90 Å². The molecular weight excluding hydrogens is 307 g/mol. The molecule has 1 aromatic rings. The number of halogens is 4. The minimum atomic E-state index is -4.67. The van der Waals surface area contributed by atoms with Crippen LogP contribution in [0.15, 0.2) is 18.2 Å². The minimum absolute atomic E-state index is 0.128. The fourth-order valence-electron chi connectivity index (χ4n) is 2.32. The zero-order chi connectivity index (χ0) is 15.8. The van der Waals surface area contributed by atoms with Crippen molar-refractivity contribution in [2.24, 2.45) is 0 Å². The molecule has 2 rings (SSSR count). The number of benzene rings is 1. The highest BCUT2D eigenvalue weighted by Gasteiger charge is 2.54. The molecule has 3 nitrogen and oxygen atoms in total. The highest BCUT2D eigenvalue weighted by Crippen LogP contribution is 2.38. The van der Waals surface area contributed by atoms with Gasteiger partial charge in [-0.3, -0.25) is 4.79 Å². The van der Waals surface area contributed by atoms with Gasteiger partial charge in [-0.25, -0.2) is 0 Å². The Morgan fingerprint density at radius 1 is 1.33 bits per heavy atom. The van der Waals surface area contributed by atoms with Crippen LogP contribution in [0.5, 0.6) is 0 Å². The number of piperidine rings is 1. The number of amides is 1. The summed E-state index contributed by atoms with van der Waals surface area (Å²) in [5, 5.41) is 10.1. The lowest BCUT2D eigenvalue weighted by Gasteiger charge is -2.39. The Bertz CT molecular complexity index is 552. The molecule has 0 unspecified atom stereocenters. The van der Waals surface area contributed by atoms with Gasteiger partial charge in [-0.05, 0) is 30.7 Å². The van der Waals surface area contributed by atoms with Gasteiger partial charge in [0.15, 0.2) is 5.60 Å². The first-order valence-electron chi connectivity index (χ1n) is 6.48. The first kappa shape index (κ1) is 16.1. The van der Waals surface area contributed by atoms with Gasteiger partial charge >= 0.3 is 6.18 Å². The topological polar surface area (TPSA) is 40.5 Å². The van der Waals surface area contributed by atoms with Crippen LogP contribution in [0.4, 0.5) is 13.2 Å². The molecule has 7 heteroatoms. The van der Waals surface area contributed by atoms with Crippen molar-refractivity contribution >= 4 is 17.5 Å². The molecule has 1 N–H and O–H groups in total. The first-order valence-corrected chi connectivity index (χ1v) is 6.86. The van der Waals surface area contributed by atoms with Gasteiger partial charge in [0, 0.05) is 36.5 Å². The van der Waals surface area contributed by atoms with E-state index in [9.17, 15) is 23.1 Å². The Labute approximate surface area is 125 Å². The van der Waals surface area contributed by atoms with Gasteiger partial charge in [0.1, 0.15) is 0 Å². The van der Waals surface area contributed by atoms with Crippen molar-refractivity contribution in [2.75, 3.05) is 13.1 Å². The summed E-state index contributed by atoms with van der Waals surface area (Å²) < 4.78 is 38.1. The van der Waals surface area contributed by atoms with Crippen molar-refractivity contribution in [3.05, 3.63) is 34.3 Å². The van der Waals surface area contributed by atoms with Crippen molar-refractivity contribution in [1.29, 1.82) is 0 Å². The lowest BCUT2D eigenvalue weighted by Crippen LogP contribution is -2.54. The summed E-state index contributed by atoms with van der Waals surface area (Å²) in [5.74, 6) is -0.348. The van der Waals surface area contributed by atoms with Crippen molar-refractivity contribution in [1.82, 2.24) is 4.90 Å². The average Bonchev–Trinajstić information content (AvgIpc) is 2.41. The van der Waals surface area contributed by atoms with E-state index in [0.29, 0.717) is 10.6 Å². The Morgan fingerprint density at radius 2 is 1.90 bits per heavy atom. The van der Waals surface area contributed by atoms with Crippen molar-refractivity contribution < 1.29 is 23.1 Å². The third-order valence-electron chi connectivity index (χ3n) is 3.81. The number of hydrogen-bond donors (Lipinski definition) is 1. The highest BCUT2D eigenvalue weighted by atomic mass is 35.5. The molecule has 0 atom stereocenters. The molecule has 1 saturated heterocycles. The number of likely N-dealkylation sites (tertiary alicyclic amines) is 1. The van der Waals surface area contributed by atoms with Crippen LogP contribution in [0.25, 0.3) is 0 Å². The van der Waals surface area contributed by atoms with E-state index in [1.807, 2.05) is 0 Å². The number of alkyl halides is 3. The smallest absolute Gasteiger partial charge is 0.380 e. The summed E-state index contributed by atoms with van der Waals surface area (Å²) in [5.41, 5.74) is -1.58. The number of nitrogens with zero attached hydrogens (tertiary/aromatic N) is 1. The summed E-state index contributed by atoms with van der Waals surface area (Å²) in [7, 11) is 0. The standard InChI is InChI=1S/C14H15ClF3NO2/c1-9-8-10(2-3-11(9)15)12(20)19-6-4-13(21,5-7-19)14(16,17)18/h2-3,8,21H,4-7H2,1H3. The van der Waals surface area contributed by atoms with Crippen LogP contribution in [0.1, 0.15) is 28.8 Å². The minimum Gasteiger partial charge on any atom is -0.380 e. The van der Waals surface area contributed by atoms with Crippen molar-refractivity contribution in [3.63, 3.8) is 0 Å². The predicted octanol–water partition coefficient (Wildman–Crippen LogP) is 3.18. The Kier molecular flexibility index (Phi) is 4.22. The number of rotatable bonds is 1. The van der Waals surface area contributed by atoms with Gasteiger partial charge in [0.2, 0.25) is 0 Å². The maximum absolute atomic E-state index is 12.7. The summed E-state index contributed by atoms with van der Waals surface area (Å²) in [6.45, 7) is 1.49. The molecule has 0 spiro atoms. The van der Waals surface area contributed by atoms with Gasteiger partial charge in [-0.1, -0.05) is 11.6 Å². The molecule has 1 aliphatic heterocycles. The van der Waals surface area contributed by atoms with Gasteiger partial charge in [-0.15, -0.1) is 0 Å². The molecule has 0 saturated carbocycles. The molecule has 1 aromatic carbocycles. The van der Waals surface area contributed by atoms with Crippen LogP contribution in [-0.2, 0) is 0 Å². The largest absolute Gasteiger partial charge is 0.417 e. The molecule has 116 valence electrons. The third-order valence-corrected chi connectivity index (χ3v) is 4.23. The van der Waals surface area contributed by atoms with Crippen LogP contribution in [-0.4, -0.2) is 40.8 Å². The number of carbonyl (C=O) groups excluding carboxylic acids is 1. The van der Waals surface area contributed by atoms with Crippen LogP contribution in [0.2, 0.25) is 5.02 Å². The molecule has 21 heavy (non-hydrogen) atoms. The Balaban J connectivity index is 2.08. The second-order valence-electron chi connectivity index (χ2n) is 5.29. The van der Waals surface area contributed by atoms with E-state index in [1.54, 1.807) is 25.1 Å². The zero-order valence-electron chi connectivity index (χ0n) is 11.4. The van der Waals surface area contributed by atoms with E-state index in [-0.39, 0.29) is 19.0 Å². The summed E-state index contributed by atoms with van der Waals surface area (Å²) in [6.07, 6.45) is -5.68. The van der Waals surface area contributed by atoms with E-state index >= 15 is 0 Å². The quantitative estimate of drug-likeness (QED) is 0.863. The van der Waals surface area contributed by atoms with E-state index in [0.717, 1.165) is 5.56 Å². The highest BCUT2D eigenvalue weighted by molar-refractivity contribution is 6.31. The lowest BCUT2D eigenvalue weighted by atomic mass is 9.90. The lowest BCUT2D eigenvalue weighted by molar-refractivity contribution is -0.271. The molecule has 1 heterocycles. The van der Waals surface area contributed by atoms with Gasteiger partial charge < -0.3 is 10.0 Å². The predicted molar refractivity (Wildman–Crippen MR) is 72.3 cm³/mol. The zero-order valence-corrected chi connectivity index (χ0v) is 12.1. The monoisotopic (exact) mass is 321 g/mol. The molecular formula is C14H15ClF3NO2. The molecule has 1 fully saturated rings. The summed E-state index contributed by atoms with van der Waals surface area (Å²) >= 11 is 5.88. The fraction of sp³-hybridized carbons (Fsp3) is 0.500. The Morgan fingerprint density at radius 3 is 2.38 bits per heavy atom. The molecule has 0 aliphatic carbocycles. The maximum atomic E-state index is 12.7. The number of carbonyl (C=O) groups is 1. The van der Waals surface area contributed by atoms with Crippen molar-refractivity contribution in [2.45, 2.75) is 31.5 Å². The van der Waals surface area contributed by atoms with Gasteiger partial charge in [-0.2, -0.15) is 13.2 Å². The van der Waals surface area contributed by atoms with Gasteiger partial charge in [0.25, 0.3) is 5.91 Å². The SMILES string of the molecule is Cc1cc(C(=O)N2CCC(O)(C(F)(F)F)CC2)ccc1Cl. The number of aryl methyl sites for hydroxylation is 1. The molecule has 1 aliphatic rings. The second kappa shape index (κ2) is 5.50. The second-order valence-corrected chi connectivity index (χ2v) is 5.69. The average molecular weight is 322 g/mol. The number of hydrogen-bond acceptors (Lipinski definition) is 2. The Hall–Kier alpha value is -1.27. The normalized spacial score (nSPS) is 18.7. The molecule has 0 bridgehead atoms.